The Kier molecular flexibility index (Phi) is 36.2. The van der Waals surface area contributed by atoms with Gasteiger partial charge in [0.1, 0.15) is 6.61 Å². The van der Waals surface area contributed by atoms with Gasteiger partial charge in [-0.1, -0.05) is 121 Å². The predicted molar refractivity (Wildman–Crippen MR) is 210 cm³/mol. The quantitative estimate of drug-likeness (QED) is 0.0121. The number of hydrogen-bond donors (Lipinski definition) is 2. The van der Waals surface area contributed by atoms with E-state index in [1.165, 1.54) is 64.2 Å². The van der Waals surface area contributed by atoms with Gasteiger partial charge in [-0.2, -0.15) is 0 Å². The topological polar surface area (TPSA) is 134 Å². The number of carbonyl (C=O) groups is 2. The molecule has 0 spiro atoms. The molecule has 3 N–H and O–H groups in total. The second-order valence-electron chi connectivity index (χ2n) is 13.2. The third-order valence-electron chi connectivity index (χ3n) is 8.28. The number of allylic oxidation sites excluding steroid dienone is 7. The summed E-state index contributed by atoms with van der Waals surface area (Å²) in [5.41, 5.74) is 5.35. The van der Waals surface area contributed by atoms with E-state index in [1.54, 1.807) is 12.3 Å². The van der Waals surface area contributed by atoms with Crippen molar-refractivity contribution in [1.82, 2.24) is 0 Å². The molecule has 0 aromatic carbocycles. The van der Waals surface area contributed by atoms with Gasteiger partial charge in [0, 0.05) is 19.4 Å². The Morgan fingerprint density at radius 2 is 1.18 bits per heavy atom. The van der Waals surface area contributed by atoms with Crippen LogP contribution in [0, 0.1) is 0 Å². The van der Waals surface area contributed by atoms with E-state index in [9.17, 15) is 19.0 Å². The third-order valence-corrected chi connectivity index (χ3v) is 9.27. The minimum Gasteiger partial charge on any atom is -0.492 e. The number of phosphoric acid groups is 1. The largest absolute Gasteiger partial charge is 0.492 e. The van der Waals surface area contributed by atoms with Crippen LogP contribution in [0.2, 0.25) is 0 Å². The number of ether oxygens (including phenoxy) is 2. The smallest absolute Gasteiger partial charge is 0.472 e. The minimum atomic E-state index is -4.29. The summed E-state index contributed by atoms with van der Waals surface area (Å²) in [4.78, 5) is 33.9. The van der Waals surface area contributed by atoms with Crippen molar-refractivity contribution in [2.75, 3.05) is 26.4 Å². The SMILES string of the molecule is CCCCCC/C=C\CCCCCCCC/C=C/O[C@H](COC(=O)CCCCCCC/C=C\C=C\C(=O)CCCCC)COP(=O)(O)OCCN. The van der Waals surface area contributed by atoms with Gasteiger partial charge in [-0.05, 0) is 76.4 Å². The van der Waals surface area contributed by atoms with Gasteiger partial charge in [-0.25, -0.2) is 4.57 Å². The zero-order chi connectivity index (χ0) is 37.5. The van der Waals surface area contributed by atoms with Crippen LogP contribution < -0.4 is 5.73 Å². The van der Waals surface area contributed by atoms with Crippen molar-refractivity contribution >= 4 is 19.6 Å². The van der Waals surface area contributed by atoms with Crippen LogP contribution in [0.15, 0.2) is 48.8 Å². The summed E-state index contributed by atoms with van der Waals surface area (Å²) in [6.45, 7) is 3.98. The highest BCUT2D eigenvalue weighted by molar-refractivity contribution is 7.47. The average Bonchev–Trinajstić information content (AvgIpc) is 3.11. The van der Waals surface area contributed by atoms with E-state index < -0.39 is 13.9 Å². The molecule has 0 heterocycles. The molecule has 0 radical (unpaired) electrons. The fourth-order valence-corrected chi connectivity index (χ4v) is 5.96. The number of rotatable bonds is 38. The number of esters is 1. The summed E-state index contributed by atoms with van der Waals surface area (Å²) < 4.78 is 33.1. The lowest BCUT2D eigenvalue weighted by Gasteiger charge is -2.19. The lowest BCUT2D eigenvalue weighted by atomic mass is 10.1. The summed E-state index contributed by atoms with van der Waals surface area (Å²) in [6.07, 6.45) is 40.6. The Hall–Kier alpha value is -2.03. The molecule has 0 aliphatic rings. The number of hydrogen-bond acceptors (Lipinski definition) is 8. The van der Waals surface area contributed by atoms with Crippen molar-refractivity contribution in [2.24, 2.45) is 5.73 Å². The maximum atomic E-state index is 12.4. The molecule has 0 aromatic rings. The summed E-state index contributed by atoms with van der Waals surface area (Å²) in [5, 5.41) is 0. The van der Waals surface area contributed by atoms with Gasteiger partial charge in [-0.3, -0.25) is 18.6 Å². The van der Waals surface area contributed by atoms with Crippen molar-refractivity contribution in [3.63, 3.8) is 0 Å². The van der Waals surface area contributed by atoms with Crippen LogP contribution in [0.5, 0.6) is 0 Å². The lowest BCUT2D eigenvalue weighted by molar-refractivity contribution is -0.147. The van der Waals surface area contributed by atoms with Gasteiger partial charge in [0.2, 0.25) is 0 Å². The molecule has 2 atom stereocenters. The molecule has 0 saturated heterocycles. The zero-order valence-corrected chi connectivity index (χ0v) is 33.2. The highest BCUT2D eigenvalue weighted by atomic mass is 31.2. The van der Waals surface area contributed by atoms with Gasteiger partial charge in [0.25, 0.3) is 0 Å². The Bertz CT molecular complexity index is 981. The molecule has 0 fully saturated rings. The summed E-state index contributed by atoms with van der Waals surface area (Å²) in [7, 11) is -4.29. The van der Waals surface area contributed by atoms with E-state index >= 15 is 0 Å². The molecule has 0 amide bonds. The van der Waals surface area contributed by atoms with Crippen molar-refractivity contribution in [3.05, 3.63) is 48.8 Å². The molecule has 0 rings (SSSR count). The summed E-state index contributed by atoms with van der Waals surface area (Å²) in [6, 6.07) is 0. The van der Waals surface area contributed by atoms with Gasteiger partial charge in [0.05, 0.1) is 19.5 Å². The molecule has 51 heavy (non-hydrogen) atoms. The number of unbranched alkanes of at least 4 members (excludes halogenated alkanes) is 18. The first-order valence-electron chi connectivity index (χ1n) is 20.1. The number of ketones is 1. The van der Waals surface area contributed by atoms with Crippen molar-refractivity contribution < 1.29 is 37.6 Å². The minimum absolute atomic E-state index is 0.0852. The van der Waals surface area contributed by atoms with Gasteiger partial charge in [-0.15, -0.1) is 0 Å². The molecule has 0 aliphatic heterocycles. The van der Waals surface area contributed by atoms with Gasteiger partial charge < -0.3 is 20.1 Å². The van der Waals surface area contributed by atoms with Crippen LogP contribution in [0.4, 0.5) is 0 Å². The van der Waals surface area contributed by atoms with E-state index in [0.717, 1.165) is 77.0 Å². The molecule has 0 aliphatic carbocycles. The molecule has 1 unspecified atom stereocenters. The summed E-state index contributed by atoms with van der Waals surface area (Å²) in [5.74, 6) is -0.149. The molecule has 9 nitrogen and oxygen atoms in total. The number of nitrogens with two attached hydrogens (primary N) is 1. The fourth-order valence-electron chi connectivity index (χ4n) is 5.19. The third kappa shape index (κ3) is 37.5. The van der Waals surface area contributed by atoms with E-state index in [2.05, 4.69) is 32.1 Å². The Labute approximate surface area is 311 Å². The van der Waals surface area contributed by atoms with Crippen LogP contribution in [0.25, 0.3) is 0 Å². The molecular formula is C41H74NO8P. The highest BCUT2D eigenvalue weighted by Gasteiger charge is 2.24. The van der Waals surface area contributed by atoms with Crippen LogP contribution in [0.1, 0.15) is 168 Å². The first-order valence-corrected chi connectivity index (χ1v) is 21.6. The fraction of sp³-hybridized carbons (Fsp3) is 0.756. The Balaban J connectivity index is 4.20. The highest BCUT2D eigenvalue weighted by Crippen LogP contribution is 2.43. The van der Waals surface area contributed by atoms with Crippen LogP contribution in [-0.2, 0) is 32.7 Å². The van der Waals surface area contributed by atoms with Crippen LogP contribution in [-0.4, -0.2) is 49.1 Å². The first kappa shape index (κ1) is 49.0. The van der Waals surface area contributed by atoms with Crippen LogP contribution >= 0.6 is 7.82 Å². The second-order valence-corrected chi connectivity index (χ2v) is 14.7. The van der Waals surface area contributed by atoms with Gasteiger partial charge in [0.15, 0.2) is 11.9 Å². The van der Waals surface area contributed by atoms with Gasteiger partial charge >= 0.3 is 13.8 Å². The molecule has 296 valence electrons. The normalized spacial score (nSPS) is 13.9. The van der Waals surface area contributed by atoms with Crippen molar-refractivity contribution in [3.8, 4) is 0 Å². The van der Waals surface area contributed by atoms with E-state index in [1.807, 2.05) is 18.2 Å². The second kappa shape index (κ2) is 37.7. The van der Waals surface area contributed by atoms with Crippen molar-refractivity contribution in [1.29, 1.82) is 0 Å². The maximum absolute atomic E-state index is 12.4. The zero-order valence-electron chi connectivity index (χ0n) is 32.3. The van der Waals surface area contributed by atoms with Crippen molar-refractivity contribution in [2.45, 2.75) is 174 Å². The Morgan fingerprint density at radius 1 is 0.647 bits per heavy atom. The Morgan fingerprint density at radius 3 is 1.80 bits per heavy atom. The lowest BCUT2D eigenvalue weighted by Crippen LogP contribution is -2.25. The molecule has 0 bridgehead atoms. The molecule has 10 heteroatoms. The summed E-state index contributed by atoms with van der Waals surface area (Å²) >= 11 is 0. The standard InChI is InChI=1S/C41H74NO8P/c1-3-5-7-8-9-10-11-12-13-14-15-16-20-23-26-30-35-47-40(38-50-51(45,46)49-36-34-42)37-48-41(44)33-29-25-22-19-17-18-21-24-28-32-39(43)31-27-6-4-2/h10-11,21,24,28,30,32,35,40H,3-9,12-20,22-23,25-27,29,31,33-34,36-38,42H2,1-2H3,(H,45,46)/b11-10-,24-21-,32-28+,35-30+/t40-/m1/s1. The van der Waals surface area contributed by atoms with E-state index in [-0.39, 0.29) is 38.1 Å². The first-order chi connectivity index (χ1) is 24.8. The maximum Gasteiger partial charge on any atom is 0.472 e. The molecular weight excluding hydrogens is 665 g/mol. The van der Waals surface area contributed by atoms with Crippen LogP contribution in [0.3, 0.4) is 0 Å². The molecule has 0 aromatic heterocycles. The van der Waals surface area contributed by atoms with E-state index in [0.29, 0.717) is 12.8 Å². The van der Waals surface area contributed by atoms with E-state index in [4.69, 9.17) is 24.3 Å². The number of carbonyl (C=O) groups excluding carboxylic acids is 2. The average molecular weight is 740 g/mol. The predicted octanol–water partition coefficient (Wildman–Crippen LogP) is 11.2. The number of phosphoric ester groups is 1. The molecule has 0 saturated carbocycles. The monoisotopic (exact) mass is 740 g/mol.